The van der Waals surface area contributed by atoms with Crippen LogP contribution < -0.4 is 0 Å². The lowest BCUT2D eigenvalue weighted by atomic mass is 9.59. The number of carboxylic acids is 1. The molecule has 96 valence electrons. The summed E-state index contributed by atoms with van der Waals surface area (Å²) in [4.78, 5) is 11.8. The minimum absolute atomic E-state index is 0.383. The van der Waals surface area contributed by atoms with Crippen molar-refractivity contribution in [1.82, 2.24) is 0 Å². The van der Waals surface area contributed by atoms with Crippen LogP contribution in [0.4, 0.5) is 0 Å². The van der Waals surface area contributed by atoms with Gasteiger partial charge in [0.25, 0.3) is 0 Å². The van der Waals surface area contributed by atoms with Crippen molar-refractivity contribution in [3.05, 3.63) is 12.2 Å². The first-order valence-electron chi connectivity index (χ1n) is 6.94. The van der Waals surface area contributed by atoms with Gasteiger partial charge in [0.1, 0.15) is 0 Å². The van der Waals surface area contributed by atoms with E-state index in [1.165, 1.54) is 12.0 Å². The quantitative estimate of drug-likeness (QED) is 0.735. The Hall–Kier alpha value is -0.790. The Morgan fingerprint density at radius 2 is 2.00 bits per heavy atom. The van der Waals surface area contributed by atoms with Gasteiger partial charge in [0, 0.05) is 0 Å². The molecule has 2 nitrogen and oxygen atoms in total. The maximum absolute atomic E-state index is 11.8. The van der Waals surface area contributed by atoms with Crippen LogP contribution in [0.25, 0.3) is 0 Å². The highest BCUT2D eigenvalue weighted by atomic mass is 16.4. The Kier molecular flexibility index (Phi) is 3.60. The fraction of sp³-hybridized carbons (Fsp3) is 0.800. The second-order valence-electron chi connectivity index (χ2n) is 6.19. The Morgan fingerprint density at radius 1 is 1.35 bits per heavy atom. The van der Waals surface area contributed by atoms with Gasteiger partial charge in [0.05, 0.1) is 5.41 Å². The summed E-state index contributed by atoms with van der Waals surface area (Å²) in [6.45, 7) is 6.24. The van der Waals surface area contributed by atoms with Crippen LogP contribution in [0.2, 0.25) is 0 Å². The average molecular weight is 236 g/mol. The SMILES string of the molecule is C=C1CCC(C2(C(=O)O)CCCC(C)C2)CC1. The van der Waals surface area contributed by atoms with E-state index in [-0.39, 0.29) is 0 Å². The van der Waals surface area contributed by atoms with E-state index in [1.54, 1.807) is 0 Å². The highest BCUT2D eigenvalue weighted by Crippen LogP contribution is 2.50. The molecule has 2 unspecified atom stereocenters. The number of hydrogen-bond acceptors (Lipinski definition) is 1. The molecule has 0 radical (unpaired) electrons. The van der Waals surface area contributed by atoms with Crippen molar-refractivity contribution in [2.45, 2.75) is 58.3 Å². The minimum Gasteiger partial charge on any atom is -0.481 e. The zero-order chi connectivity index (χ0) is 12.5. The van der Waals surface area contributed by atoms with Crippen LogP contribution in [-0.2, 0) is 4.79 Å². The predicted octanol–water partition coefficient (Wildman–Crippen LogP) is 4.01. The van der Waals surface area contributed by atoms with Gasteiger partial charge < -0.3 is 5.11 Å². The number of carbonyl (C=O) groups is 1. The summed E-state index contributed by atoms with van der Waals surface area (Å²) in [7, 11) is 0. The maximum atomic E-state index is 11.8. The Bertz CT molecular complexity index is 311. The molecule has 2 saturated carbocycles. The van der Waals surface area contributed by atoms with Crippen LogP contribution >= 0.6 is 0 Å². The second kappa shape index (κ2) is 4.83. The fourth-order valence-electron chi connectivity index (χ4n) is 3.91. The third-order valence-electron chi connectivity index (χ3n) is 4.93. The minimum atomic E-state index is -0.540. The zero-order valence-corrected chi connectivity index (χ0v) is 10.9. The van der Waals surface area contributed by atoms with E-state index in [2.05, 4.69) is 13.5 Å². The molecule has 17 heavy (non-hydrogen) atoms. The molecular weight excluding hydrogens is 212 g/mol. The standard InChI is InChI=1S/C15H24O2/c1-11-5-7-13(8-6-11)15(14(16)17)9-3-4-12(2)10-15/h12-13H,1,3-10H2,2H3,(H,16,17). The van der Waals surface area contributed by atoms with Crippen LogP contribution in [0.5, 0.6) is 0 Å². The van der Waals surface area contributed by atoms with Crippen LogP contribution in [-0.4, -0.2) is 11.1 Å². The van der Waals surface area contributed by atoms with Gasteiger partial charge in [-0.1, -0.05) is 31.9 Å². The van der Waals surface area contributed by atoms with Gasteiger partial charge in [-0.3, -0.25) is 4.79 Å². The van der Waals surface area contributed by atoms with Gasteiger partial charge in [-0.15, -0.1) is 0 Å². The zero-order valence-electron chi connectivity index (χ0n) is 10.9. The van der Waals surface area contributed by atoms with Crippen molar-refractivity contribution < 1.29 is 9.90 Å². The number of carboxylic acid groups (broad SMARTS) is 1. The van der Waals surface area contributed by atoms with Gasteiger partial charge >= 0.3 is 5.97 Å². The fourth-order valence-corrected chi connectivity index (χ4v) is 3.91. The molecule has 0 aromatic heterocycles. The normalized spacial score (nSPS) is 35.8. The summed E-state index contributed by atoms with van der Waals surface area (Å²) < 4.78 is 0. The first-order valence-corrected chi connectivity index (χ1v) is 6.94. The molecule has 0 aromatic rings. The van der Waals surface area contributed by atoms with Gasteiger partial charge in [-0.2, -0.15) is 0 Å². The third kappa shape index (κ3) is 2.41. The lowest BCUT2D eigenvalue weighted by Gasteiger charge is -2.44. The van der Waals surface area contributed by atoms with Gasteiger partial charge in [0.15, 0.2) is 0 Å². The molecule has 2 rings (SSSR count). The molecule has 2 aliphatic carbocycles. The third-order valence-corrected chi connectivity index (χ3v) is 4.93. The van der Waals surface area contributed by atoms with Crippen LogP contribution in [0.3, 0.4) is 0 Å². The summed E-state index contributed by atoms with van der Waals surface area (Å²) in [6, 6.07) is 0. The Balaban J connectivity index is 2.16. The predicted molar refractivity (Wildman–Crippen MR) is 68.8 cm³/mol. The monoisotopic (exact) mass is 236 g/mol. The van der Waals surface area contributed by atoms with E-state index in [0.717, 1.165) is 44.9 Å². The molecule has 0 saturated heterocycles. The Labute approximate surface area is 104 Å². The van der Waals surface area contributed by atoms with E-state index in [4.69, 9.17) is 0 Å². The molecule has 2 heteroatoms. The molecule has 0 heterocycles. The molecule has 0 amide bonds. The van der Waals surface area contributed by atoms with Crippen LogP contribution in [0, 0.1) is 17.3 Å². The molecule has 0 spiro atoms. The summed E-state index contributed by atoms with van der Waals surface area (Å²) in [5.41, 5.74) is 0.892. The highest BCUT2D eigenvalue weighted by molar-refractivity contribution is 5.75. The molecular formula is C15H24O2. The van der Waals surface area contributed by atoms with E-state index >= 15 is 0 Å². The van der Waals surface area contributed by atoms with Crippen LogP contribution in [0.1, 0.15) is 58.3 Å². The number of hydrogen-bond donors (Lipinski definition) is 1. The van der Waals surface area contributed by atoms with E-state index in [1.807, 2.05) is 0 Å². The first-order chi connectivity index (χ1) is 8.04. The summed E-state index contributed by atoms with van der Waals surface area (Å²) in [5, 5.41) is 9.70. The Morgan fingerprint density at radius 3 is 2.53 bits per heavy atom. The lowest BCUT2D eigenvalue weighted by molar-refractivity contribution is -0.157. The summed E-state index contributed by atoms with van der Waals surface area (Å²) >= 11 is 0. The van der Waals surface area contributed by atoms with Crippen molar-refractivity contribution in [3.63, 3.8) is 0 Å². The molecule has 2 aliphatic rings. The molecule has 0 bridgehead atoms. The van der Waals surface area contributed by atoms with Crippen molar-refractivity contribution in [3.8, 4) is 0 Å². The molecule has 1 N–H and O–H groups in total. The van der Waals surface area contributed by atoms with Gasteiger partial charge in [-0.25, -0.2) is 0 Å². The highest BCUT2D eigenvalue weighted by Gasteiger charge is 2.48. The van der Waals surface area contributed by atoms with Crippen molar-refractivity contribution in [2.24, 2.45) is 17.3 Å². The largest absolute Gasteiger partial charge is 0.481 e. The summed E-state index contributed by atoms with van der Waals surface area (Å²) in [5.74, 6) is 0.416. The van der Waals surface area contributed by atoms with Crippen molar-refractivity contribution >= 4 is 5.97 Å². The van der Waals surface area contributed by atoms with Crippen molar-refractivity contribution in [1.29, 1.82) is 0 Å². The lowest BCUT2D eigenvalue weighted by Crippen LogP contribution is -2.43. The van der Waals surface area contributed by atoms with Crippen LogP contribution in [0.15, 0.2) is 12.2 Å². The van der Waals surface area contributed by atoms with E-state index in [0.29, 0.717) is 11.8 Å². The molecule has 0 aliphatic heterocycles. The average Bonchev–Trinajstić information content (AvgIpc) is 2.29. The first kappa shape index (κ1) is 12.7. The maximum Gasteiger partial charge on any atom is 0.309 e. The topological polar surface area (TPSA) is 37.3 Å². The van der Waals surface area contributed by atoms with E-state index in [9.17, 15) is 9.90 Å². The number of allylic oxidation sites excluding steroid dienone is 1. The van der Waals surface area contributed by atoms with E-state index < -0.39 is 11.4 Å². The molecule has 0 aromatic carbocycles. The second-order valence-corrected chi connectivity index (χ2v) is 6.19. The van der Waals surface area contributed by atoms with Gasteiger partial charge in [-0.05, 0) is 50.4 Å². The smallest absolute Gasteiger partial charge is 0.309 e. The number of aliphatic carboxylic acids is 1. The summed E-state index contributed by atoms with van der Waals surface area (Å²) in [6.07, 6.45) is 8.22. The van der Waals surface area contributed by atoms with Gasteiger partial charge in [0.2, 0.25) is 0 Å². The molecule has 2 fully saturated rings. The van der Waals surface area contributed by atoms with Crippen molar-refractivity contribution in [2.75, 3.05) is 0 Å². The number of rotatable bonds is 2. The molecule has 2 atom stereocenters.